The van der Waals surface area contributed by atoms with Gasteiger partial charge in [0.25, 0.3) is 0 Å². The summed E-state index contributed by atoms with van der Waals surface area (Å²) in [5.41, 5.74) is 0. The maximum atomic E-state index is 5.41. The normalized spacial score (nSPS) is 18.3. The molecule has 23 heavy (non-hydrogen) atoms. The van der Waals surface area contributed by atoms with Gasteiger partial charge in [0.2, 0.25) is 0 Å². The first-order chi connectivity index (χ1) is 11.1. The van der Waals surface area contributed by atoms with Crippen molar-refractivity contribution in [1.82, 2.24) is 20.4 Å². The van der Waals surface area contributed by atoms with Crippen LogP contribution in [0.15, 0.2) is 0 Å². The lowest BCUT2D eigenvalue weighted by Crippen LogP contribution is -2.46. The van der Waals surface area contributed by atoms with Crippen LogP contribution in [-0.2, 0) is 0 Å². The molecule has 2 saturated heterocycles. The van der Waals surface area contributed by atoms with Crippen LogP contribution in [0.5, 0.6) is 0 Å². The van der Waals surface area contributed by atoms with Gasteiger partial charge in [-0.2, -0.15) is 0 Å². The summed E-state index contributed by atoms with van der Waals surface area (Å²) < 4.78 is 1.14. The molecule has 2 rings (SSSR count). The first kappa shape index (κ1) is 19.2. The van der Waals surface area contributed by atoms with Gasteiger partial charge in [-0.15, -0.1) is 0 Å². The molecule has 2 aliphatic rings. The lowest BCUT2D eigenvalue weighted by atomic mass is 10.1. The van der Waals surface area contributed by atoms with Gasteiger partial charge >= 0.3 is 0 Å². The molecule has 0 unspecified atom stereocenters. The highest BCUT2D eigenvalue weighted by Crippen LogP contribution is 2.12. The second-order valence-electron chi connectivity index (χ2n) is 5.63. The standard InChI is InChI=1S/C14H22N4S5/c19-11(17-7-3-1-4-8-17)15-13(21)23-14(22)16-12(20)18-9-5-2-6-10-18/h1-10H2,(H,15,19,21)(H,16,20,22). The minimum absolute atomic E-state index is 0.569. The van der Waals surface area contributed by atoms with Crippen LogP contribution in [-0.4, -0.2) is 54.8 Å². The van der Waals surface area contributed by atoms with Crippen molar-refractivity contribution in [2.24, 2.45) is 0 Å². The summed E-state index contributed by atoms with van der Waals surface area (Å²) in [6.45, 7) is 4.00. The topological polar surface area (TPSA) is 30.5 Å². The molecule has 0 aromatic carbocycles. The second kappa shape index (κ2) is 10.0. The monoisotopic (exact) mass is 406 g/mol. The largest absolute Gasteiger partial charge is 0.349 e. The molecule has 2 fully saturated rings. The molecule has 0 aromatic rings. The van der Waals surface area contributed by atoms with Crippen LogP contribution >= 0.6 is 60.6 Å². The molecule has 9 heteroatoms. The quantitative estimate of drug-likeness (QED) is 0.589. The van der Waals surface area contributed by atoms with Gasteiger partial charge in [-0.1, -0.05) is 24.4 Å². The SMILES string of the molecule is S=C(NC(=S)N1CCCCC1)SC(=S)NC(=S)N1CCCCC1. The van der Waals surface area contributed by atoms with E-state index in [0.717, 1.165) is 26.2 Å². The molecule has 2 aliphatic heterocycles. The van der Waals surface area contributed by atoms with E-state index in [1.165, 1.54) is 50.3 Å². The minimum Gasteiger partial charge on any atom is -0.349 e. The maximum Gasteiger partial charge on any atom is 0.174 e. The smallest absolute Gasteiger partial charge is 0.174 e. The first-order valence-corrected chi connectivity index (χ1v) is 10.4. The van der Waals surface area contributed by atoms with Crippen molar-refractivity contribution < 1.29 is 0 Å². The van der Waals surface area contributed by atoms with Crippen molar-refractivity contribution in [2.75, 3.05) is 26.2 Å². The molecule has 2 heterocycles. The predicted octanol–water partition coefficient (Wildman–Crippen LogP) is 3.01. The van der Waals surface area contributed by atoms with E-state index in [9.17, 15) is 0 Å². The van der Waals surface area contributed by atoms with Gasteiger partial charge < -0.3 is 20.4 Å². The van der Waals surface area contributed by atoms with Crippen molar-refractivity contribution in [3.8, 4) is 0 Å². The summed E-state index contributed by atoms with van der Waals surface area (Å²) in [6.07, 6.45) is 7.30. The maximum absolute atomic E-state index is 5.41. The number of thiocarbonyl (C=S) groups is 4. The van der Waals surface area contributed by atoms with Crippen molar-refractivity contribution >= 4 is 79.5 Å². The average molecular weight is 407 g/mol. The highest BCUT2D eigenvalue weighted by Gasteiger charge is 2.17. The number of hydrogen-bond donors (Lipinski definition) is 2. The van der Waals surface area contributed by atoms with Gasteiger partial charge in [-0.25, -0.2) is 0 Å². The predicted molar refractivity (Wildman–Crippen MR) is 115 cm³/mol. The molecule has 0 aliphatic carbocycles. The van der Waals surface area contributed by atoms with Crippen molar-refractivity contribution in [1.29, 1.82) is 0 Å². The van der Waals surface area contributed by atoms with Crippen LogP contribution in [0.1, 0.15) is 38.5 Å². The Hall–Kier alpha value is -0.0900. The zero-order valence-electron chi connectivity index (χ0n) is 13.0. The molecule has 0 spiro atoms. The Morgan fingerprint density at radius 2 is 0.957 bits per heavy atom. The molecule has 0 bridgehead atoms. The van der Waals surface area contributed by atoms with Crippen molar-refractivity contribution in [2.45, 2.75) is 38.5 Å². The number of likely N-dealkylation sites (tertiary alicyclic amines) is 2. The van der Waals surface area contributed by atoms with E-state index < -0.39 is 0 Å². The van der Waals surface area contributed by atoms with Crippen LogP contribution in [0.25, 0.3) is 0 Å². The Labute approximate surface area is 164 Å². The summed E-state index contributed by atoms with van der Waals surface area (Å²) >= 11 is 22.8. The van der Waals surface area contributed by atoms with Gasteiger partial charge in [-0.05, 0) is 74.7 Å². The number of piperidine rings is 2. The zero-order valence-corrected chi connectivity index (χ0v) is 17.1. The van der Waals surface area contributed by atoms with Crippen LogP contribution in [0, 0.1) is 0 Å². The Balaban J connectivity index is 1.70. The fourth-order valence-electron chi connectivity index (χ4n) is 2.66. The number of nitrogens with one attached hydrogen (secondary N) is 2. The summed E-state index contributed by atoms with van der Waals surface area (Å²) in [5.74, 6) is 0. The highest BCUT2D eigenvalue weighted by molar-refractivity contribution is 8.38. The molecule has 4 nitrogen and oxygen atoms in total. The Bertz CT molecular complexity index is 428. The van der Waals surface area contributed by atoms with E-state index in [1.54, 1.807) is 0 Å². The van der Waals surface area contributed by atoms with Crippen LogP contribution in [0.4, 0.5) is 0 Å². The lowest BCUT2D eigenvalue weighted by molar-refractivity contribution is 0.342. The van der Waals surface area contributed by atoms with Gasteiger partial charge in [0.1, 0.15) is 8.64 Å². The van der Waals surface area contributed by atoms with Crippen LogP contribution in [0.3, 0.4) is 0 Å². The van der Waals surface area contributed by atoms with Crippen LogP contribution < -0.4 is 10.6 Å². The fourth-order valence-corrected chi connectivity index (χ4v) is 4.81. The van der Waals surface area contributed by atoms with Crippen LogP contribution in [0.2, 0.25) is 0 Å². The molecule has 0 atom stereocenters. The van der Waals surface area contributed by atoms with Gasteiger partial charge in [0.15, 0.2) is 10.2 Å². The first-order valence-electron chi connectivity index (χ1n) is 7.94. The van der Waals surface area contributed by atoms with E-state index in [4.69, 9.17) is 48.9 Å². The zero-order chi connectivity index (χ0) is 16.7. The molecule has 0 saturated carbocycles. The van der Waals surface area contributed by atoms with Gasteiger partial charge in [-0.3, -0.25) is 0 Å². The third-order valence-corrected chi connectivity index (χ3v) is 5.89. The third-order valence-electron chi connectivity index (χ3n) is 3.89. The van der Waals surface area contributed by atoms with E-state index in [-0.39, 0.29) is 0 Å². The van der Waals surface area contributed by atoms with Crippen molar-refractivity contribution in [3.05, 3.63) is 0 Å². The highest BCUT2D eigenvalue weighted by atomic mass is 32.2. The summed E-state index contributed by atoms with van der Waals surface area (Å²) in [6, 6.07) is 0. The summed E-state index contributed by atoms with van der Waals surface area (Å²) in [4.78, 5) is 4.33. The number of hydrogen-bond acceptors (Lipinski definition) is 5. The van der Waals surface area contributed by atoms with E-state index in [0.29, 0.717) is 18.9 Å². The molecule has 2 N–H and O–H groups in total. The summed E-state index contributed by atoms with van der Waals surface area (Å²) in [5, 5.41) is 7.60. The average Bonchev–Trinajstić information content (AvgIpc) is 2.56. The van der Waals surface area contributed by atoms with E-state index in [1.807, 2.05) is 0 Å². The molecule has 0 aromatic heterocycles. The Kier molecular flexibility index (Phi) is 8.39. The van der Waals surface area contributed by atoms with E-state index in [2.05, 4.69) is 20.4 Å². The van der Waals surface area contributed by atoms with E-state index >= 15 is 0 Å². The fraction of sp³-hybridized carbons (Fsp3) is 0.714. The summed E-state index contributed by atoms with van der Waals surface area (Å²) in [7, 11) is 0. The molecular weight excluding hydrogens is 385 g/mol. The number of thioether (sulfide) groups is 1. The second-order valence-corrected chi connectivity index (χ2v) is 8.76. The molecule has 0 amide bonds. The Morgan fingerprint density at radius 3 is 1.30 bits per heavy atom. The molecular formula is C14H22N4S5. The Morgan fingerprint density at radius 1 is 0.609 bits per heavy atom. The number of nitrogens with zero attached hydrogens (tertiary/aromatic N) is 2. The molecule has 0 radical (unpaired) electrons. The number of rotatable bonds is 0. The van der Waals surface area contributed by atoms with Gasteiger partial charge in [0.05, 0.1) is 0 Å². The lowest BCUT2D eigenvalue weighted by Gasteiger charge is -2.30. The minimum atomic E-state index is 0.569. The molecule has 128 valence electrons. The third kappa shape index (κ3) is 6.74. The van der Waals surface area contributed by atoms with Crippen molar-refractivity contribution in [3.63, 3.8) is 0 Å². The van der Waals surface area contributed by atoms with Gasteiger partial charge in [0, 0.05) is 26.2 Å².